The number of carbonyl (C=O) groups is 1. The van der Waals surface area contributed by atoms with Gasteiger partial charge in [-0.05, 0) is 66.3 Å². The predicted molar refractivity (Wildman–Crippen MR) is 101 cm³/mol. The second-order valence-electron chi connectivity index (χ2n) is 7.07. The fourth-order valence-electron chi connectivity index (χ4n) is 4.02. The zero-order valence-corrected chi connectivity index (χ0v) is 15.0. The zero-order chi connectivity index (χ0) is 19.0. The Balaban J connectivity index is 1.72. The Morgan fingerprint density at radius 1 is 1.07 bits per heavy atom. The average molecular weight is 366 g/mol. The van der Waals surface area contributed by atoms with Crippen molar-refractivity contribution in [1.82, 2.24) is 5.01 Å². The lowest BCUT2D eigenvalue weighted by Crippen LogP contribution is -2.30. The maximum atomic E-state index is 13.4. The molecule has 4 rings (SSSR count). The molecule has 0 bridgehead atoms. The van der Waals surface area contributed by atoms with E-state index in [1.165, 1.54) is 36.2 Å². The lowest BCUT2D eigenvalue weighted by atomic mass is 9.77. The Hall–Kier alpha value is -2.82. The molecule has 3 nitrogen and oxygen atoms in total. The van der Waals surface area contributed by atoms with Crippen LogP contribution in [0.15, 0.2) is 59.2 Å². The number of hydrogen-bond acceptors (Lipinski definition) is 2. The smallest absolute Gasteiger partial charge is 0.240 e. The zero-order valence-electron chi connectivity index (χ0n) is 15.0. The number of benzene rings is 2. The maximum absolute atomic E-state index is 13.4. The molecule has 2 aliphatic rings. The van der Waals surface area contributed by atoms with Gasteiger partial charge in [-0.3, -0.25) is 4.79 Å². The number of hydrogen-bond donors (Lipinski definition) is 0. The third-order valence-electron chi connectivity index (χ3n) is 5.25. The molecule has 2 aromatic carbocycles. The van der Waals surface area contributed by atoms with Crippen molar-refractivity contribution in [2.75, 3.05) is 0 Å². The van der Waals surface area contributed by atoms with Gasteiger partial charge in [-0.1, -0.05) is 24.3 Å². The lowest BCUT2D eigenvalue weighted by molar-refractivity contribution is -0.131. The van der Waals surface area contributed by atoms with Crippen molar-refractivity contribution in [2.24, 2.45) is 11.0 Å². The summed E-state index contributed by atoms with van der Waals surface area (Å²) < 4.78 is 26.5. The number of nitrogens with zero attached hydrogens (tertiary/aromatic N) is 2. The molecule has 1 heterocycles. The highest BCUT2D eigenvalue weighted by molar-refractivity contribution is 6.08. The molecule has 2 atom stereocenters. The molecule has 0 unspecified atom stereocenters. The van der Waals surface area contributed by atoms with Gasteiger partial charge in [-0.25, -0.2) is 13.8 Å². The summed E-state index contributed by atoms with van der Waals surface area (Å²) in [5, 5.41) is 6.17. The molecule has 5 heteroatoms. The summed E-state index contributed by atoms with van der Waals surface area (Å²) in [7, 11) is 0. The number of fused-ring (bicyclic) bond motifs is 1. The third-order valence-corrected chi connectivity index (χ3v) is 5.25. The van der Waals surface area contributed by atoms with Crippen LogP contribution in [0.3, 0.4) is 0 Å². The van der Waals surface area contributed by atoms with Gasteiger partial charge in [0.25, 0.3) is 0 Å². The number of hydrazone groups is 1. The Kier molecular flexibility index (Phi) is 4.60. The Morgan fingerprint density at radius 3 is 2.33 bits per heavy atom. The van der Waals surface area contributed by atoms with E-state index in [2.05, 4.69) is 5.10 Å². The SMILES string of the molecule is CC(=O)N1N=C2/C(=C/c3ccc(F)cc3)CCC[C@@H]2[C@@H]1c1ccc(F)cc1. The number of halogens is 2. The van der Waals surface area contributed by atoms with Gasteiger partial charge < -0.3 is 0 Å². The highest BCUT2D eigenvalue weighted by atomic mass is 19.1. The summed E-state index contributed by atoms with van der Waals surface area (Å²) in [6.45, 7) is 1.50. The van der Waals surface area contributed by atoms with E-state index in [0.717, 1.165) is 41.7 Å². The fourth-order valence-corrected chi connectivity index (χ4v) is 4.02. The molecule has 1 saturated carbocycles. The molecule has 0 spiro atoms. The first-order valence-electron chi connectivity index (χ1n) is 9.13. The summed E-state index contributed by atoms with van der Waals surface area (Å²) >= 11 is 0. The molecule has 1 fully saturated rings. The van der Waals surface area contributed by atoms with E-state index >= 15 is 0 Å². The normalized spacial score (nSPS) is 23.3. The summed E-state index contributed by atoms with van der Waals surface area (Å²) in [5.74, 6) is -0.615. The number of allylic oxidation sites excluding steroid dienone is 1. The van der Waals surface area contributed by atoms with E-state index in [1.54, 1.807) is 24.3 Å². The van der Waals surface area contributed by atoms with Gasteiger partial charge in [-0.15, -0.1) is 0 Å². The van der Waals surface area contributed by atoms with Crippen molar-refractivity contribution < 1.29 is 13.6 Å². The van der Waals surface area contributed by atoms with Gasteiger partial charge in [0.05, 0.1) is 11.8 Å². The molecule has 1 aliphatic heterocycles. The Labute approximate surface area is 157 Å². The Bertz CT molecular complexity index is 916. The number of rotatable bonds is 2. The van der Waals surface area contributed by atoms with E-state index < -0.39 is 0 Å². The van der Waals surface area contributed by atoms with E-state index in [9.17, 15) is 13.6 Å². The first-order valence-corrected chi connectivity index (χ1v) is 9.13. The van der Waals surface area contributed by atoms with Crippen LogP contribution in [0.4, 0.5) is 8.78 Å². The lowest BCUT2D eigenvalue weighted by Gasteiger charge is -2.29. The fraction of sp³-hybridized carbons (Fsp3) is 0.273. The summed E-state index contributed by atoms with van der Waals surface area (Å²) in [4.78, 5) is 12.2. The van der Waals surface area contributed by atoms with Crippen LogP contribution in [0.1, 0.15) is 43.4 Å². The quantitative estimate of drug-likeness (QED) is 0.727. The van der Waals surface area contributed by atoms with Gasteiger partial charge in [0.1, 0.15) is 11.6 Å². The highest BCUT2D eigenvalue weighted by Crippen LogP contribution is 2.44. The minimum atomic E-state index is -0.298. The highest BCUT2D eigenvalue weighted by Gasteiger charge is 2.42. The average Bonchev–Trinajstić information content (AvgIpc) is 3.05. The second-order valence-corrected chi connectivity index (χ2v) is 7.07. The van der Waals surface area contributed by atoms with Crippen LogP contribution in [0.25, 0.3) is 6.08 Å². The van der Waals surface area contributed by atoms with Crippen molar-refractivity contribution in [3.05, 3.63) is 76.9 Å². The van der Waals surface area contributed by atoms with Gasteiger partial charge in [0, 0.05) is 12.8 Å². The summed E-state index contributed by atoms with van der Waals surface area (Å²) in [6, 6.07) is 12.4. The molecule has 27 heavy (non-hydrogen) atoms. The number of amides is 1. The van der Waals surface area contributed by atoms with Crippen LogP contribution in [0.5, 0.6) is 0 Å². The predicted octanol–water partition coefficient (Wildman–Crippen LogP) is 5.11. The molecule has 0 saturated heterocycles. The van der Waals surface area contributed by atoms with Crippen LogP contribution >= 0.6 is 0 Å². The molecule has 0 N–H and O–H groups in total. The standard InChI is InChI=1S/C22H20F2N2O/c1-14(27)26-22(16-7-11-19(24)12-8-16)20-4-2-3-17(21(20)25-26)13-15-5-9-18(23)10-6-15/h5-13,20,22H,2-4H2,1H3/b17-13+/t20-,22-/m0/s1. The van der Waals surface area contributed by atoms with Crippen molar-refractivity contribution >= 4 is 17.7 Å². The van der Waals surface area contributed by atoms with Gasteiger partial charge in [0.15, 0.2) is 0 Å². The molecule has 0 radical (unpaired) electrons. The number of carbonyl (C=O) groups excluding carboxylic acids is 1. The molecule has 2 aromatic rings. The van der Waals surface area contributed by atoms with Crippen molar-refractivity contribution in [1.29, 1.82) is 0 Å². The van der Waals surface area contributed by atoms with Crippen LogP contribution in [-0.2, 0) is 4.79 Å². The third kappa shape index (κ3) is 3.42. The van der Waals surface area contributed by atoms with Crippen LogP contribution < -0.4 is 0 Å². The molecular formula is C22H20F2N2O. The molecule has 138 valence electrons. The first-order chi connectivity index (χ1) is 13.0. The van der Waals surface area contributed by atoms with Crippen molar-refractivity contribution in [3.8, 4) is 0 Å². The monoisotopic (exact) mass is 366 g/mol. The van der Waals surface area contributed by atoms with Gasteiger partial charge >= 0.3 is 0 Å². The van der Waals surface area contributed by atoms with E-state index in [4.69, 9.17) is 0 Å². The van der Waals surface area contributed by atoms with Crippen LogP contribution in [0, 0.1) is 17.6 Å². The topological polar surface area (TPSA) is 32.7 Å². The first kappa shape index (κ1) is 17.6. The van der Waals surface area contributed by atoms with Gasteiger partial charge in [0.2, 0.25) is 5.91 Å². The van der Waals surface area contributed by atoms with Crippen LogP contribution in [0.2, 0.25) is 0 Å². The molecular weight excluding hydrogens is 346 g/mol. The van der Waals surface area contributed by atoms with E-state index in [1.807, 2.05) is 6.08 Å². The minimum Gasteiger partial charge on any atom is -0.273 e. The van der Waals surface area contributed by atoms with Crippen molar-refractivity contribution in [2.45, 2.75) is 32.2 Å². The summed E-state index contributed by atoms with van der Waals surface area (Å²) in [6.07, 6.45) is 4.80. The van der Waals surface area contributed by atoms with E-state index in [-0.39, 0.29) is 29.5 Å². The second kappa shape index (κ2) is 7.06. The molecule has 1 aliphatic carbocycles. The largest absolute Gasteiger partial charge is 0.273 e. The van der Waals surface area contributed by atoms with Crippen LogP contribution in [-0.4, -0.2) is 16.6 Å². The maximum Gasteiger partial charge on any atom is 0.240 e. The summed E-state index contributed by atoms with van der Waals surface area (Å²) in [5.41, 5.74) is 3.79. The van der Waals surface area contributed by atoms with E-state index in [0.29, 0.717) is 0 Å². The minimum absolute atomic E-state index is 0.0832. The van der Waals surface area contributed by atoms with Crippen molar-refractivity contribution in [3.63, 3.8) is 0 Å². The van der Waals surface area contributed by atoms with Gasteiger partial charge in [-0.2, -0.15) is 5.10 Å². The molecule has 1 amide bonds. The molecule has 0 aromatic heterocycles. The Morgan fingerprint density at radius 2 is 1.70 bits per heavy atom.